The van der Waals surface area contributed by atoms with Crippen LogP contribution in [-0.2, 0) is 11.3 Å². The molecule has 0 saturated heterocycles. The molecular weight excluding hydrogens is 244 g/mol. The second-order valence-corrected chi connectivity index (χ2v) is 5.90. The Morgan fingerprint density at radius 3 is 2.40 bits per heavy atom. The number of hydrogen-bond acceptors (Lipinski definition) is 1. The van der Waals surface area contributed by atoms with Crippen LogP contribution in [0.25, 0.3) is 0 Å². The van der Waals surface area contributed by atoms with Gasteiger partial charge in [0.25, 0.3) is 0 Å². The highest BCUT2D eigenvalue weighted by Gasteiger charge is 2.21. The van der Waals surface area contributed by atoms with Crippen molar-refractivity contribution < 1.29 is 4.74 Å². The van der Waals surface area contributed by atoms with E-state index in [2.05, 4.69) is 43.3 Å². The average molecular weight is 272 g/mol. The molecule has 0 unspecified atom stereocenters. The third-order valence-electron chi connectivity index (χ3n) is 4.48. The normalized spacial score (nSPS) is 23.3. The van der Waals surface area contributed by atoms with Gasteiger partial charge in [0.05, 0.1) is 6.61 Å². The van der Waals surface area contributed by atoms with E-state index < -0.39 is 0 Å². The van der Waals surface area contributed by atoms with Crippen molar-refractivity contribution in [3.8, 4) is 0 Å². The lowest BCUT2D eigenvalue weighted by Crippen LogP contribution is -2.12. The van der Waals surface area contributed by atoms with E-state index >= 15 is 0 Å². The summed E-state index contributed by atoms with van der Waals surface area (Å²) in [6.07, 6.45) is 11.3. The quantitative estimate of drug-likeness (QED) is 0.624. The smallest absolute Gasteiger partial charge is 0.0716 e. The van der Waals surface area contributed by atoms with Gasteiger partial charge in [0.1, 0.15) is 0 Å². The first-order valence-electron chi connectivity index (χ1n) is 8.11. The fourth-order valence-electron chi connectivity index (χ4n) is 3.17. The Kier molecular flexibility index (Phi) is 6.32. The van der Waals surface area contributed by atoms with Crippen LogP contribution in [0.4, 0.5) is 0 Å². The molecule has 110 valence electrons. The molecule has 1 aliphatic carbocycles. The molecular formula is C19H28O. The lowest BCUT2D eigenvalue weighted by atomic mass is 9.77. The van der Waals surface area contributed by atoms with Gasteiger partial charge in [-0.05, 0) is 68.9 Å². The summed E-state index contributed by atoms with van der Waals surface area (Å²) in [4.78, 5) is 0. The second kappa shape index (κ2) is 8.26. The average Bonchev–Trinajstić information content (AvgIpc) is 2.52. The molecule has 2 rings (SSSR count). The molecule has 0 radical (unpaired) electrons. The fourth-order valence-corrected chi connectivity index (χ4v) is 3.17. The summed E-state index contributed by atoms with van der Waals surface area (Å²) >= 11 is 0. The Bertz CT molecular complexity index is 396. The van der Waals surface area contributed by atoms with Crippen molar-refractivity contribution in [3.63, 3.8) is 0 Å². The van der Waals surface area contributed by atoms with E-state index in [4.69, 9.17) is 4.74 Å². The molecule has 1 fully saturated rings. The zero-order valence-electron chi connectivity index (χ0n) is 13.0. The highest BCUT2D eigenvalue weighted by molar-refractivity contribution is 5.25. The molecule has 0 amide bonds. The van der Waals surface area contributed by atoms with Gasteiger partial charge < -0.3 is 4.74 Å². The Morgan fingerprint density at radius 1 is 1.10 bits per heavy atom. The number of hydrogen-bond donors (Lipinski definition) is 0. The number of ether oxygens (including phenoxy) is 1. The summed E-state index contributed by atoms with van der Waals surface area (Å²) in [5.74, 6) is 1.69. The zero-order chi connectivity index (χ0) is 14.2. The van der Waals surface area contributed by atoms with Crippen LogP contribution in [0.2, 0.25) is 0 Å². The molecule has 20 heavy (non-hydrogen) atoms. The Labute approximate surface area is 124 Å². The van der Waals surface area contributed by atoms with Crippen molar-refractivity contribution in [1.82, 2.24) is 0 Å². The zero-order valence-corrected chi connectivity index (χ0v) is 13.0. The van der Waals surface area contributed by atoms with Gasteiger partial charge in [0.2, 0.25) is 0 Å². The topological polar surface area (TPSA) is 9.23 Å². The molecule has 1 heteroatoms. The predicted molar refractivity (Wildman–Crippen MR) is 85.9 cm³/mol. The first-order chi connectivity index (χ1) is 9.83. The lowest BCUT2D eigenvalue weighted by molar-refractivity contribution is 0.134. The fraction of sp³-hybridized carbons (Fsp3) is 0.579. The van der Waals surface area contributed by atoms with E-state index in [0.717, 1.165) is 25.0 Å². The lowest BCUT2D eigenvalue weighted by Gasteiger charge is -2.28. The minimum atomic E-state index is 0.743. The third-order valence-corrected chi connectivity index (χ3v) is 4.48. The highest BCUT2D eigenvalue weighted by Crippen LogP contribution is 2.37. The molecule has 0 heterocycles. The summed E-state index contributed by atoms with van der Waals surface area (Å²) in [7, 11) is 0. The predicted octanol–water partition coefficient (Wildman–Crippen LogP) is 5.46. The highest BCUT2D eigenvalue weighted by atomic mass is 16.5. The standard InChI is InChI=1S/C19H28O/c1-3-5-6-16-7-11-18(12-8-16)19-13-9-17(10-14-19)15-20-4-2/h3,5,9-10,13-14,16,18H,4,6-8,11-12,15H2,1-2H3/b5-3+/t16-,18-. The van der Waals surface area contributed by atoms with E-state index in [1.54, 1.807) is 0 Å². The number of rotatable bonds is 6. The summed E-state index contributed by atoms with van der Waals surface area (Å²) in [5.41, 5.74) is 2.81. The minimum Gasteiger partial charge on any atom is -0.377 e. The minimum absolute atomic E-state index is 0.743. The summed E-state index contributed by atoms with van der Waals surface area (Å²) in [6.45, 7) is 5.70. The molecule has 0 spiro atoms. The molecule has 1 aromatic carbocycles. The maximum Gasteiger partial charge on any atom is 0.0716 e. The van der Waals surface area contributed by atoms with Crippen LogP contribution in [0.1, 0.15) is 63.0 Å². The van der Waals surface area contributed by atoms with Gasteiger partial charge in [-0.25, -0.2) is 0 Å². The molecule has 0 N–H and O–H groups in total. The first-order valence-corrected chi connectivity index (χ1v) is 8.11. The molecule has 1 aromatic rings. The summed E-state index contributed by atoms with van der Waals surface area (Å²) in [5, 5.41) is 0. The summed E-state index contributed by atoms with van der Waals surface area (Å²) in [6, 6.07) is 9.09. The molecule has 1 nitrogen and oxygen atoms in total. The molecule has 1 saturated carbocycles. The van der Waals surface area contributed by atoms with Gasteiger partial charge in [-0.3, -0.25) is 0 Å². The van der Waals surface area contributed by atoms with Crippen molar-refractivity contribution in [3.05, 3.63) is 47.5 Å². The maximum atomic E-state index is 5.45. The number of allylic oxidation sites excluding steroid dienone is 2. The van der Waals surface area contributed by atoms with Crippen LogP contribution in [0, 0.1) is 5.92 Å². The Hall–Kier alpha value is -1.08. The third kappa shape index (κ3) is 4.49. The second-order valence-electron chi connectivity index (χ2n) is 5.90. The van der Waals surface area contributed by atoms with Crippen molar-refractivity contribution in [2.24, 2.45) is 5.92 Å². The first kappa shape index (κ1) is 15.3. The van der Waals surface area contributed by atoms with Crippen molar-refractivity contribution in [2.45, 2.75) is 58.5 Å². The SMILES string of the molecule is C/C=C/C[C@H]1CC[C@H](c2ccc(COCC)cc2)CC1. The van der Waals surface area contributed by atoms with Crippen LogP contribution in [0.15, 0.2) is 36.4 Å². The van der Waals surface area contributed by atoms with Gasteiger partial charge in [-0.2, -0.15) is 0 Å². The van der Waals surface area contributed by atoms with Gasteiger partial charge in [0.15, 0.2) is 0 Å². The van der Waals surface area contributed by atoms with Crippen molar-refractivity contribution in [1.29, 1.82) is 0 Å². The van der Waals surface area contributed by atoms with Crippen LogP contribution in [-0.4, -0.2) is 6.61 Å². The summed E-state index contributed by atoms with van der Waals surface area (Å²) < 4.78 is 5.45. The van der Waals surface area contributed by atoms with E-state index in [0.29, 0.717) is 0 Å². The van der Waals surface area contributed by atoms with Crippen LogP contribution >= 0.6 is 0 Å². The van der Waals surface area contributed by atoms with E-state index in [-0.39, 0.29) is 0 Å². The van der Waals surface area contributed by atoms with Gasteiger partial charge >= 0.3 is 0 Å². The largest absolute Gasteiger partial charge is 0.377 e. The van der Waals surface area contributed by atoms with E-state index in [1.807, 2.05) is 6.92 Å². The molecule has 1 aliphatic rings. The van der Waals surface area contributed by atoms with E-state index in [1.165, 1.54) is 43.2 Å². The van der Waals surface area contributed by atoms with Gasteiger partial charge in [-0.1, -0.05) is 36.4 Å². The van der Waals surface area contributed by atoms with E-state index in [9.17, 15) is 0 Å². The molecule has 0 aromatic heterocycles. The Balaban J connectivity index is 1.84. The maximum absolute atomic E-state index is 5.45. The molecule has 0 atom stereocenters. The van der Waals surface area contributed by atoms with Crippen molar-refractivity contribution in [2.75, 3.05) is 6.61 Å². The van der Waals surface area contributed by atoms with Crippen molar-refractivity contribution >= 4 is 0 Å². The van der Waals surface area contributed by atoms with Crippen LogP contribution in [0.3, 0.4) is 0 Å². The Morgan fingerprint density at radius 2 is 1.80 bits per heavy atom. The van der Waals surface area contributed by atoms with Gasteiger partial charge in [-0.15, -0.1) is 0 Å². The number of benzene rings is 1. The molecule has 0 bridgehead atoms. The monoisotopic (exact) mass is 272 g/mol. The molecule has 0 aliphatic heterocycles. The van der Waals surface area contributed by atoms with Crippen LogP contribution < -0.4 is 0 Å². The van der Waals surface area contributed by atoms with Gasteiger partial charge in [0, 0.05) is 6.61 Å². The van der Waals surface area contributed by atoms with Crippen LogP contribution in [0.5, 0.6) is 0 Å².